The van der Waals surface area contributed by atoms with E-state index in [4.69, 9.17) is 9.47 Å². The maximum atomic E-state index is 13.0. The molecule has 4 rings (SSSR count). The van der Waals surface area contributed by atoms with Crippen LogP contribution in [-0.2, 0) is 9.47 Å². The number of non-ortho nitro benzene ring substituents is 2. The van der Waals surface area contributed by atoms with Crippen LogP contribution in [0.15, 0.2) is 97.1 Å². The van der Waals surface area contributed by atoms with Gasteiger partial charge in [-0.3, -0.25) is 29.8 Å². The molecule has 4 aromatic carbocycles. The standard InChI is InChI=1S/C30H20N2O10/c33-27(20-6-11-23(12-7-20)31(37)38)17-41-29(35)22-10-15-25(26(16-22)19-4-2-1-3-5-19)30(36)42-18-28(34)21-8-13-24(14-9-21)32(39)40/h1-16H,17-18H2. The third-order valence-electron chi connectivity index (χ3n) is 6.03. The molecule has 0 saturated heterocycles. The van der Waals surface area contributed by atoms with Crippen molar-refractivity contribution in [3.63, 3.8) is 0 Å². The normalized spacial score (nSPS) is 10.4. The average molecular weight is 568 g/mol. The molecule has 0 aliphatic carbocycles. The summed E-state index contributed by atoms with van der Waals surface area (Å²) in [4.78, 5) is 71.0. The molecule has 12 heteroatoms. The van der Waals surface area contributed by atoms with Crippen molar-refractivity contribution in [2.45, 2.75) is 0 Å². The van der Waals surface area contributed by atoms with Gasteiger partial charge in [-0.15, -0.1) is 0 Å². The van der Waals surface area contributed by atoms with Gasteiger partial charge in [0.25, 0.3) is 11.4 Å². The van der Waals surface area contributed by atoms with Crippen LogP contribution in [0.3, 0.4) is 0 Å². The van der Waals surface area contributed by atoms with Gasteiger partial charge in [0.1, 0.15) is 0 Å². The molecule has 0 aromatic heterocycles. The summed E-state index contributed by atoms with van der Waals surface area (Å²) in [6.45, 7) is -1.24. The minimum atomic E-state index is -0.851. The van der Waals surface area contributed by atoms with E-state index in [9.17, 15) is 39.4 Å². The fourth-order valence-electron chi connectivity index (χ4n) is 3.83. The monoisotopic (exact) mass is 568 g/mol. The number of hydrogen-bond donors (Lipinski definition) is 0. The van der Waals surface area contributed by atoms with E-state index in [-0.39, 0.29) is 33.6 Å². The molecule has 12 nitrogen and oxygen atoms in total. The van der Waals surface area contributed by atoms with Gasteiger partial charge >= 0.3 is 11.9 Å². The summed E-state index contributed by atoms with van der Waals surface area (Å²) in [5.41, 5.74) is 0.817. The number of nitro groups is 2. The maximum absolute atomic E-state index is 13.0. The Kier molecular flexibility index (Phi) is 8.88. The lowest BCUT2D eigenvalue weighted by molar-refractivity contribution is -0.385. The number of hydrogen-bond acceptors (Lipinski definition) is 10. The zero-order valence-corrected chi connectivity index (χ0v) is 21.6. The fraction of sp³-hybridized carbons (Fsp3) is 0.0667. The second-order valence-corrected chi connectivity index (χ2v) is 8.73. The second-order valence-electron chi connectivity index (χ2n) is 8.73. The first kappa shape index (κ1) is 29.0. The molecule has 0 radical (unpaired) electrons. The van der Waals surface area contributed by atoms with Crippen LogP contribution < -0.4 is 0 Å². The number of ketones is 2. The van der Waals surface area contributed by atoms with E-state index in [0.717, 1.165) is 0 Å². The third-order valence-corrected chi connectivity index (χ3v) is 6.03. The summed E-state index contributed by atoms with van der Waals surface area (Å²) in [5.74, 6) is -2.84. The second kappa shape index (κ2) is 12.9. The highest BCUT2D eigenvalue weighted by atomic mass is 16.6. The van der Waals surface area contributed by atoms with Crippen molar-refractivity contribution in [1.29, 1.82) is 0 Å². The smallest absolute Gasteiger partial charge is 0.339 e. The van der Waals surface area contributed by atoms with E-state index >= 15 is 0 Å². The molecule has 0 bridgehead atoms. The predicted octanol–water partition coefficient (Wildman–Crippen LogP) is 5.25. The summed E-state index contributed by atoms with van der Waals surface area (Å²) in [6.07, 6.45) is 0. The van der Waals surface area contributed by atoms with E-state index in [1.807, 2.05) is 0 Å². The highest BCUT2D eigenvalue weighted by Crippen LogP contribution is 2.26. The number of esters is 2. The van der Waals surface area contributed by atoms with Gasteiger partial charge in [0.05, 0.1) is 21.0 Å². The number of benzene rings is 4. The van der Waals surface area contributed by atoms with Crippen LogP contribution in [0.1, 0.15) is 41.4 Å². The van der Waals surface area contributed by atoms with E-state index in [2.05, 4.69) is 0 Å². The minimum Gasteiger partial charge on any atom is -0.454 e. The molecule has 0 saturated carbocycles. The van der Waals surface area contributed by atoms with Crippen LogP contribution in [0.5, 0.6) is 0 Å². The van der Waals surface area contributed by atoms with Gasteiger partial charge in [-0.25, -0.2) is 9.59 Å². The number of carbonyl (C=O) groups excluding carboxylic acids is 4. The molecule has 0 spiro atoms. The number of carbonyl (C=O) groups is 4. The molecule has 0 aliphatic heterocycles. The molecule has 210 valence electrons. The molecule has 0 heterocycles. The Morgan fingerprint density at radius 1 is 0.571 bits per heavy atom. The first-order chi connectivity index (χ1) is 20.1. The van der Waals surface area contributed by atoms with Gasteiger partial charge in [0.2, 0.25) is 0 Å². The zero-order chi connectivity index (χ0) is 30.2. The van der Waals surface area contributed by atoms with Crippen LogP contribution in [0.2, 0.25) is 0 Å². The summed E-state index contributed by atoms with van der Waals surface area (Å²) < 4.78 is 10.3. The molecule has 0 N–H and O–H groups in total. The molecule has 0 unspecified atom stereocenters. The zero-order valence-electron chi connectivity index (χ0n) is 21.6. The van der Waals surface area contributed by atoms with Crippen molar-refractivity contribution in [1.82, 2.24) is 0 Å². The Balaban J connectivity index is 1.47. The molecule has 0 atom stereocenters. The molecular weight excluding hydrogens is 548 g/mol. The van der Waals surface area contributed by atoms with Gasteiger partial charge in [-0.05, 0) is 53.6 Å². The SMILES string of the molecule is O=C(COC(=O)c1ccc(C(=O)OCC(=O)c2ccc([N+](=O)[O-])cc2)c(-c2ccccc2)c1)c1ccc([N+](=O)[O-])cc1. The Morgan fingerprint density at radius 3 is 1.50 bits per heavy atom. The third kappa shape index (κ3) is 6.93. The maximum Gasteiger partial charge on any atom is 0.339 e. The molecule has 4 aromatic rings. The number of rotatable bonds is 11. The summed E-state index contributed by atoms with van der Waals surface area (Å²) >= 11 is 0. The lowest BCUT2D eigenvalue weighted by atomic mass is 9.97. The quantitative estimate of drug-likeness (QED) is 0.101. The van der Waals surface area contributed by atoms with Crippen LogP contribution in [0.4, 0.5) is 11.4 Å². The largest absolute Gasteiger partial charge is 0.454 e. The Bertz CT molecular complexity index is 1680. The molecular formula is C30H20N2O10. The summed E-state index contributed by atoms with van der Waals surface area (Å²) in [7, 11) is 0. The van der Waals surface area contributed by atoms with Crippen LogP contribution >= 0.6 is 0 Å². The molecule has 0 fully saturated rings. The van der Waals surface area contributed by atoms with Crippen molar-refractivity contribution >= 4 is 34.9 Å². The molecule has 0 aliphatic rings. The van der Waals surface area contributed by atoms with Gasteiger partial charge in [0.15, 0.2) is 24.8 Å². The van der Waals surface area contributed by atoms with Crippen molar-refractivity contribution in [3.8, 4) is 11.1 Å². The van der Waals surface area contributed by atoms with Crippen LogP contribution in [0, 0.1) is 20.2 Å². The predicted molar refractivity (Wildman–Crippen MR) is 147 cm³/mol. The first-order valence-corrected chi connectivity index (χ1v) is 12.2. The number of ether oxygens (including phenoxy) is 2. The minimum absolute atomic E-state index is 0.0314. The van der Waals surface area contributed by atoms with E-state index in [1.54, 1.807) is 30.3 Å². The van der Waals surface area contributed by atoms with Crippen molar-refractivity contribution < 1.29 is 38.5 Å². The highest BCUT2D eigenvalue weighted by molar-refractivity contribution is 6.03. The average Bonchev–Trinajstić information content (AvgIpc) is 3.02. The Hall–Kier alpha value is -6.04. The Morgan fingerprint density at radius 2 is 1.02 bits per heavy atom. The number of nitro benzene ring substituents is 2. The first-order valence-electron chi connectivity index (χ1n) is 12.2. The number of Topliss-reactive ketones (excluding diaryl/α,β-unsaturated/α-hetero) is 2. The van der Waals surface area contributed by atoms with Gasteiger partial charge in [-0.1, -0.05) is 30.3 Å². The van der Waals surface area contributed by atoms with Crippen molar-refractivity contribution in [3.05, 3.63) is 140 Å². The van der Waals surface area contributed by atoms with E-state index in [1.165, 1.54) is 66.7 Å². The number of nitrogens with zero attached hydrogens (tertiary/aromatic N) is 2. The van der Waals surface area contributed by atoms with Crippen molar-refractivity contribution in [2.75, 3.05) is 13.2 Å². The van der Waals surface area contributed by atoms with Gasteiger partial charge < -0.3 is 9.47 Å². The lowest BCUT2D eigenvalue weighted by Gasteiger charge is -2.12. The fourth-order valence-corrected chi connectivity index (χ4v) is 3.83. The highest BCUT2D eigenvalue weighted by Gasteiger charge is 2.20. The van der Waals surface area contributed by atoms with Crippen LogP contribution in [-0.4, -0.2) is 46.6 Å². The van der Waals surface area contributed by atoms with Crippen molar-refractivity contribution in [2.24, 2.45) is 0 Å². The topological polar surface area (TPSA) is 173 Å². The van der Waals surface area contributed by atoms with E-state index < -0.39 is 46.6 Å². The Labute approximate surface area is 237 Å². The summed E-state index contributed by atoms with van der Waals surface area (Å²) in [5, 5.41) is 21.6. The molecule has 42 heavy (non-hydrogen) atoms. The van der Waals surface area contributed by atoms with Gasteiger partial charge in [0, 0.05) is 35.4 Å². The van der Waals surface area contributed by atoms with E-state index in [0.29, 0.717) is 11.1 Å². The molecule has 0 amide bonds. The lowest BCUT2D eigenvalue weighted by Crippen LogP contribution is -2.16. The van der Waals surface area contributed by atoms with Gasteiger partial charge in [-0.2, -0.15) is 0 Å². The summed E-state index contributed by atoms with van der Waals surface area (Å²) in [6, 6.07) is 22.3. The van der Waals surface area contributed by atoms with Crippen LogP contribution in [0.25, 0.3) is 11.1 Å².